The summed E-state index contributed by atoms with van der Waals surface area (Å²) in [6.45, 7) is -1.08. The van der Waals surface area contributed by atoms with Crippen LogP contribution >= 0.6 is 0 Å². The molecule has 0 amide bonds. The fourth-order valence-electron chi connectivity index (χ4n) is 2.28. The van der Waals surface area contributed by atoms with Gasteiger partial charge in [-0.05, 0) is 0 Å². The van der Waals surface area contributed by atoms with Crippen LogP contribution in [0.3, 0.4) is 0 Å². The van der Waals surface area contributed by atoms with Gasteiger partial charge in [-0.1, -0.05) is 0 Å². The highest BCUT2D eigenvalue weighted by Gasteiger charge is 2.52. The Balaban J connectivity index is 2.18. The van der Waals surface area contributed by atoms with Gasteiger partial charge in [0.1, 0.15) is 6.61 Å². The number of carboxylic acids is 1. The Morgan fingerprint density at radius 3 is 2.68 bits per heavy atom. The predicted molar refractivity (Wildman–Crippen MR) is 67.5 cm³/mol. The summed E-state index contributed by atoms with van der Waals surface area (Å²) in [6, 6.07) is 0. The molecule has 2 N–H and O–H groups in total. The van der Waals surface area contributed by atoms with Crippen molar-refractivity contribution in [2.45, 2.75) is 6.18 Å². The van der Waals surface area contributed by atoms with Gasteiger partial charge in [0.25, 0.3) is 0 Å². The zero-order valence-corrected chi connectivity index (χ0v) is 11.3. The van der Waals surface area contributed by atoms with Crippen LogP contribution in [-0.2, 0) is 4.79 Å². The van der Waals surface area contributed by atoms with E-state index in [1.54, 1.807) is 0 Å². The maximum atomic E-state index is 12.9. The monoisotopic (exact) mass is 321 g/mol. The second-order valence-electron chi connectivity index (χ2n) is 4.79. The minimum atomic E-state index is -4.60. The van der Waals surface area contributed by atoms with E-state index in [1.165, 1.54) is 17.3 Å². The summed E-state index contributed by atoms with van der Waals surface area (Å²) in [6.07, 6.45) is -2.11. The van der Waals surface area contributed by atoms with Crippen molar-refractivity contribution in [2.24, 2.45) is 11.8 Å². The van der Waals surface area contributed by atoms with E-state index >= 15 is 0 Å². The quantitative estimate of drug-likeness (QED) is 0.817. The molecule has 1 saturated heterocycles. The van der Waals surface area contributed by atoms with Crippen LogP contribution in [0.1, 0.15) is 0 Å². The van der Waals surface area contributed by atoms with Gasteiger partial charge in [-0.3, -0.25) is 9.78 Å². The van der Waals surface area contributed by atoms with Crippen molar-refractivity contribution in [1.29, 1.82) is 0 Å². The number of rotatable bonds is 5. The zero-order valence-electron chi connectivity index (χ0n) is 11.3. The van der Waals surface area contributed by atoms with Crippen LogP contribution in [0.15, 0.2) is 12.4 Å². The summed E-state index contributed by atoms with van der Waals surface area (Å²) >= 11 is 0. The molecule has 1 aromatic heterocycles. The first-order valence-electron chi connectivity index (χ1n) is 6.43. The fourth-order valence-corrected chi connectivity index (χ4v) is 2.28. The standard InChI is InChI=1S/C12H14F3N3O4/c13-12(14,15)8-6-18(5-7(8)11(20)21)9-3-16-4-10(17-9)22-2-1-19/h3-4,7-8,19H,1-2,5-6H2,(H,20,21)/t7-,8-/m1/s1. The van der Waals surface area contributed by atoms with Crippen molar-refractivity contribution < 1.29 is 32.9 Å². The molecule has 2 atom stereocenters. The lowest BCUT2D eigenvalue weighted by Crippen LogP contribution is -2.33. The largest absolute Gasteiger partial charge is 0.481 e. The Bertz CT molecular complexity index is 541. The van der Waals surface area contributed by atoms with Crippen LogP contribution in [0.2, 0.25) is 0 Å². The zero-order chi connectivity index (χ0) is 16.3. The second-order valence-corrected chi connectivity index (χ2v) is 4.79. The van der Waals surface area contributed by atoms with Crippen molar-refractivity contribution in [1.82, 2.24) is 9.97 Å². The first kappa shape index (κ1) is 16.3. The van der Waals surface area contributed by atoms with E-state index < -0.39 is 30.5 Å². The van der Waals surface area contributed by atoms with Crippen molar-refractivity contribution in [3.63, 3.8) is 0 Å². The van der Waals surface area contributed by atoms with Gasteiger partial charge in [0.05, 0.1) is 30.8 Å². The number of aliphatic hydroxyl groups excluding tert-OH is 1. The Morgan fingerprint density at radius 1 is 1.41 bits per heavy atom. The van der Waals surface area contributed by atoms with Gasteiger partial charge in [-0.15, -0.1) is 0 Å². The molecule has 0 saturated carbocycles. The number of aliphatic hydroxyl groups is 1. The highest BCUT2D eigenvalue weighted by molar-refractivity contribution is 5.72. The number of anilines is 1. The molecule has 122 valence electrons. The molecule has 1 fully saturated rings. The lowest BCUT2D eigenvalue weighted by molar-refractivity contribution is -0.187. The molecule has 2 heterocycles. The van der Waals surface area contributed by atoms with Crippen LogP contribution in [0.25, 0.3) is 0 Å². The number of ether oxygens (including phenoxy) is 1. The molecule has 7 nitrogen and oxygen atoms in total. The van der Waals surface area contributed by atoms with Crippen LogP contribution in [0, 0.1) is 11.8 Å². The van der Waals surface area contributed by atoms with Gasteiger partial charge in [-0.25, -0.2) is 0 Å². The number of aliphatic carboxylic acids is 1. The normalized spacial score (nSPS) is 21.9. The van der Waals surface area contributed by atoms with Gasteiger partial charge in [0, 0.05) is 13.1 Å². The number of alkyl halides is 3. The molecular weight excluding hydrogens is 307 g/mol. The number of carbonyl (C=O) groups is 1. The summed E-state index contributed by atoms with van der Waals surface area (Å²) in [4.78, 5) is 20.0. The van der Waals surface area contributed by atoms with Crippen LogP contribution in [-0.4, -0.2) is 58.6 Å². The molecule has 10 heteroatoms. The number of hydrogen-bond acceptors (Lipinski definition) is 6. The summed E-state index contributed by atoms with van der Waals surface area (Å²) in [5.74, 6) is -4.86. The van der Waals surface area contributed by atoms with E-state index in [4.69, 9.17) is 14.9 Å². The molecule has 1 aromatic rings. The molecule has 0 aliphatic carbocycles. The first-order chi connectivity index (χ1) is 10.3. The average molecular weight is 321 g/mol. The van der Waals surface area contributed by atoms with Gasteiger partial charge in [0.15, 0.2) is 5.82 Å². The number of nitrogens with zero attached hydrogens (tertiary/aromatic N) is 3. The van der Waals surface area contributed by atoms with E-state index in [2.05, 4.69) is 9.97 Å². The predicted octanol–water partition coefficient (Wildman–Crippen LogP) is 0.547. The smallest absolute Gasteiger partial charge is 0.394 e. The summed E-state index contributed by atoms with van der Waals surface area (Å²) < 4.78 is 43.8. The first-order valence-corrected chi connectivity index (χ1v) is 6.43. The van der Waals surface area contributed by atoms with Crippen LogP contribution in [0.4, 0.5) is 19.0 Å². The minimum absolute atomic E-state index is 0.0267. The Kier molecular flexibility index (Phi) is 4.69. The Labute approximate surface area is 123 Å². The minimum Gasteiger partial charge on any atom is -0.481 e. The fraction of sp³-hybridized carbons (Fsp3) is 0.583. The Hall–Kier alpha value is -2.10. The number of halogens is 3. The molecule has 2 rings (SSSR count). The summed E-state index contributed by atoms with van der Waals surface area (Å²) in [7, 11) is 0. The van der Waals surface area contributed by atoms with Gasteiger partial charge < -0.3 is 19.8 Å². The van der Waals surface area contributed by atoms with E-state index in [0.717, 1.165) is 0 Å². The molecule has 0 aromatic carbocycles. The molecule has 0 unspecified atom stereocenters. The lowest BCUT2D eigenvalue weighted by Gasteiger charge is -2.18. The van der Waals surface area contributed by atoms with E-state index in [0.29, 0.717) is 0 Å². The van der Waals surface area contributed by atoms with Crippen molar-refractivity contribution >= 4 is 11.8 Å². The average Bonchev–Trinajstić information content (AvgIpc) is 2.91. The molecule has 0 radical (unpaired) electrons. The van der Waals surface area contributed by atoms with Crippen LogP contribution in [0.5, 0.6) is 5.88 Å². The molecular formula is C12H14F3N3O4. The number of aromatic nitrogens is 2. The van der Waals surface area contributed by atoms with Gasteiger partial charge >= 0.3 is 12.1 Å². The summed E-state index contributed by atoms with van der Waals surface area (Å²) in [5, 5.41) is 17.6. The third-order valence-corrected chi connectivity index (χ3v) is 3.32. The van der Waals surface area contributed by atoms with Crippen molar-refractivity contribution in [3.8, 4) is 5.88 Å². The topological polar surface area (TPSA) is 95.8 Å². The highest BCUT2D eigenvalue weighted by Crippen LogP contribution is 2.39. The summed E-state index contributed by atoms with van der Waals surface area (Å²) in [5.41, 5.74) is 0. The third-order valence-electron chi connectivity index (χ3n) is 3.32. The highest BCUT2D eigenvalue weighted by atomic mass is 19.4. The van der Waals surface area contributed by atoms with Gasteiger partial charge in [-0.2, -0.15) is 18.2 Å². The molecule has 0 spiro atoms. The van der Waals surface area contributed by atoms with Crippen molar-refractivity contribution in [3.05, 3.63) is 12.4 Å². The molecule has 1 aliphatic heterocycles. The molecule has 1 aliphatic rings. The second kappa shape index (κ2) is 6.34. The Morgan fingerprint density at radius 2 is 2.14 bits per heavy atom. The van der Waals surface area contributed by atoms with Crippen LogP contribution < -0.4 is 9.64 Å². The number of hydrogen-bond donors (Lipinski definition) is 2. The third kappa shape index (κ3) is 3.56. The molecule has 0 bridgehead atoms. The SMILES string of the molecule is O=C(O)[C@@H]1CN(c2cncc(OCCO)n2)C[C@H]1C(F)(F)F. The maximum absolute atomic E-state index is 12.9. The molecule has 22 heavy (non-hydrogen) atoms. The van der Waals surface area contributed by atoms with E-state index in [1.807, 2.05) is 0 Å². The van der Waals surface area contributed by atoms with E-state index in [9.17, 15) is 18.0 Å². The van der Waals surface area contributed by atoms with Gasteiger partial charge in [0.2, 0.25) is 5.88 Å². The van der Waals surface area contributed by atoms with Crippen molar-refractivity contribution in [2.75, 3.05) is 31.2 Å². The number of carboxylic acid groups (broad SMARTS) is 1. The maximum Gasteiger partial charge on any atom is 0.394 e. The van der Waals surface area contributed by atoms with E-state index in [-0.39, 0.29) is 31.5 Å². The lowest BCUT2D eigenvalue weighted by atomic mass is 9.96.